The maximum atomic E-state index is 13.6. The summed E-state index contributed by atoms with van der Waals surface area (Å²) in [6.45, 7) is 0. The summed E-state index contributed by atoms with van der Waals surface area (Å²) in [5, 5.41) is 12.9. The number of nitrogens with zero attached hydrogens (tertiary/aromatic N) is 3. The lowest BCUT2D eigenvalue weighted by Crippen LogP contribution is -2.10. The molecule has 19 heavy (non-hydrogen) atoms. The highest BCUT2D eigenvalue weighted by molar-refractivity contribution is 7.98. The first kappa shape index (κ1) is 13.5. The van der Waals surface area contributed by atoms with Gasteiger partial charge in [-0.3, -0.25) is 0 Å². The molecule has 0 aliphatic carbocycles. The van der Waals surface area contributed by atoms with Gasteiger partial charge in [-0.15, -0.1) is 0 Å². The number of thioether (sulfide) groups is 1. The molecule has 0 saturated heterocycles. The van der Waals surface area contributed by atoms with Crippen molar-refractivity contribution in [2.24, 2.45) is 5.16 Å². The Balaban J connectivity index is 2.28. The van der Waals surface area contributed by atoms with Gasteiger partial charge in [0.15, 0.2) is 5.16 Å². The minimum Gasteiger partial charge on any atom is -0.411 e. The van der Waals surface area contributed by atoms with Gasteiger partial charge in [-0.1, -0.05) is 35.1 Å². The average Bonchev–Trinajstić information content (AvgIpc) is 2.46. The van der Waals surface area contributed by atoms with Crippen LogP contribution < -0.4 is 0 Å². The molecule has 0 atom stereocenters. The molecule has 0 spiro atoms. The molecule has 0 bridgehead atoms. The third kappa shape index (κ3) is 3.29. The second-order valence-corrected chi connectivity index (χ2v) is 4.52. The standard InChI is InChI=1S/C13H12FN3OS/c1-19-13-15-7-6-11(16-13)12(17-18)8-9-4-2-3-5-10(9)14/h2-7,18H,8H2,1H3/b17-12-. The van der Waals surface area contributed by atoms with E-state index in [4.69, 9.17) is 5.21 Å². The van der Waals surface area contributed by atoms with Gasteiger partial charge in [0.2, 0.25) is 0 Å². The van der Waals surface area contributed by atoms with E-state index in [0.29, 0.717) is 22.1 Å². The van der Waals surface area contributed by atoms with E-state index in [1.165, 1.54) is 17.8 Å². The van der Waals surface area contributed by atoms with E-state index in [9.17, 15) is 4.39 Å². The smallest absolute Gasteiger partial charge is 0.187 e. The lowest BCUT2D eigenvalue weighted by atomic mass is 10.1. The van der Waals surface area contributed by atoms with Gasteiger partial charge >= 0.3 is 0 Å². The molecule has 0 amide bonds. The molecule has 0 fully saturated rings. The highest BCUT2D eigenvalue weighted by Gasteiger charge is 2.11. The minimum atomic E-state index is -0.331. The number of benzene rings is 1. The Hall–Kier alpha value is -1.95. The van der Waals surface area contributed by atoms with Crippen LogP contribution in [0.25, 0.3) is 0 Å². The summed E-state index contributed by atoms with van der Waals surface area (Å²) >= 11 is 1.39. The summed E-state index contributed by atoms with van der Waals surface area (Å²) in [6.07, 6.45) is 3.61. The first-order chi connectivity index (χ1) is 9.24. The van der Waals surface area contributed by atoms with Crippen LogP contribution in [0.3, 0.4) is 0 Å². The van der Waals surface area contributed by atoms with E-state index in [1.807, 2.05) is 6.26 Å². The average molecular weight is 277 g/mol. The van der Waals surface area contributed by atoms with Crippen molar-refractivity contribution in [3.63, 3.8) is 0 Å². The molecule has 1 heterocycles. The van der Waals surface area contributed by atoms with Crippen LogP contribution in [0.2, 0.25) is 0 Å². The number of hydrogen-bond donors (Lipinski definition) is 1. The summed E-state index contributed by atoms with van der Waals surface area (Å²) in [7, 11) is 0. The van der Waals surface area contributed by atoms with Crippen LogP contribution in [0.4, 0.5) is 4.39 Å². The SMILES string of the molecule is CSc1nccc(/C(Cc2ccccc2F)=N\O)n1. The van der Waals surface area contributed by atoms with Gasteiger partial charge in [-0.2, -0.15) is 0 Å². The molecular formula is C13H12FN3OS. The molecule has 0 aliphatic rings. The normalized spacial score (nSPS) is 11.6. The van der Waals surface area contributed by atoms with Gasteiger partial charge in [0.05, 0.1) is 5.69 Å². The Labute approximate surface area is 114 Å². The first-order valence-corrected chi connectivity index (χ1v) is 6.79. The molecule has 1 N–H and O–H groups in total. The molecule has 0 unspecified atom stereocenters. The second kappa shape index (κ2) is 6.29. The fraction of sp³-hybridized carbons (Fsp3) is 0.154. The predicted molar refractivity (Wildman–Crippen MR) is 72.2 cm³/mol. The van der Waals surface area contributed by atoms with Crippen molar-refractivity contribution in [1.82, 2.24) is 9.97 Å². The Morgan fingerprint density at radius 3 is 2.84 bits per heavy atom. The first-order valence-electron chi connectivity index (χ1n) is 5.56. The molecule has 4 nitrogen and oxygen atoms in total. The Morgan fingerprint density at radius 1 is 1.37 bits per heavy atom. The molecule has 1 aromatic carbocycles. The molecule has 2 rings (SSSR count). The van der Waals surface area contributed by atoms with Crippen LogP contribution in [-0.2, 0) is 6.42 Å². The topological polar surface area (TPSA) is 58.4 Å². The van der Waals surface area contributed by atoms with Crippen LogP contribution in [0.15, 0.2) is 46.8 Å². The van der Waals surface area contributed by atoms with E-state index in [-0.39, 0.29) is 12.2 Å². The number of aromatic nitrogens is 2. The molecule has 0 saturated carbocycles. The maximum absolute atomic E-state index is 13.6. The van der Waals surface area contributed by atoms with Crippen molar-refractivity contribution in [3.8, 4) is 0 Å². The van der Waals surface area contributed by atoms with Gasteiger partial charge < -0.3 is 5.21 Å². The second-order valence-electron chi connectivity index (χ2n) is 3.74. The van der Waals surface area contributed by atoms with Crippen LogP contribution in [0.5, 0.6) is 0 Å². The molecule has 2 aromatic rings. The summed E-state index contributed by atoms with van der Waals surface area (Å²) in [5.74, 6) is -0.331. The lowest BCUT2D eigenvalue weighted by Gasteiger charge is -2.06. The number of oxime groups is 1. The predicted octanol–water partition coefficient (Wildman–Crippen LogP) is 2.76. The Kier molecular flexibility index (Phi) is 4.46. The number of rotatable bonds is 4. The summed E-state index contributed by atoms with van der Waals surface area (Å²) in [5.41, 5.74) is 1.26. The Bertz CT molecular complexity index is 604. The van der Waals surface area contributed by atoms with E-state index in [1.54, 1.807) is 30.5 Å². The zero-order valence-corrected chi connectivity index (χ0v) is 11.1. The van der Waals surface area contributed by atoms with Crippen molar-refractivity contribution in [2.45, 2.75) is 11.6 Å². The number of hydrogen-bond acceptors (Lipinski definition) is 5. The lowest BCUT2D eigenvalue weighted by molar-refractivity contribution is 0.318. The van der Waals surface area contributed by atoms with E-state index in [2.05, 4.69) is 15.1 Å². The van der Waals surface area contributed by atoms with Gasteiger partial charge in [0, 0.05) is 12.6 Å². The largest absolute Gasteiger partial charge is 0.411 e. The molecular weight excluding hydrogens is 265 g/mol. The van der Waals surface area contributed by atoms with Gasteiger partial charge in [-0.25, -0.2) is 14.4 Å². The van der Waals surface area contributed by atoms with E-state index < -0.39 is 0 Å². The van der Waals surface area contributed by atoms with Crippen molar-refractivity contribution in [2.75, 3.05) is 6.26 Å². The molecule has 1 aromatic heterocycles. The van der Waals surface area contributed by atoms with E-state index in [0.717, 1.165) is 0 Å². The fourth-order valence-electron chi connectivity index (χ4n) is 1.60. The van der Waals surface area contributed by atoms with Crippen LogP contribution in [-0.4, -0.2) is 27.1 Å². The minimum absolute atomic E-state index is 0.175. The third-order valence-corrected chi connectivity index (χ3v) is 3.11. The monoisotopic (exact) mass is 277 g/mol. The zero-order valence-electron chi connectivity index (χ0n) is 10.2. The van der Waals surface area contributed by atoms with Crippen molar-refractivity contribution < 1.29 is 9.60 Å². The highest BCUT2D eigenvalue weighted by Crippen LogP contribution is 2.13. The quantitative estimate of drug-likeness (QED) is 0.307. The van der Waals surface area contributed by atoms with E-state index >= 15 is 0 Å². The summed E-state index contributed by atoms with van der Waals surface area (Å²) in [4.78, 5) is 8.27. The Morgan fingerprint density at radius 2 is 2.16 bits per heavy atom. The van der Waals surface area contributed by atoms with Crippen LogP contribution in [0, 0.1) is 5.82 Å². The van der Waals surface area contributed by atoms with Gasteiger partial charge in [0.1, 0.15) is 11.5 Å². The molecule has 0 radical (unpaired) electrons. The summed E-state index contributed by atoms with van der Waals surface area (Å²) < 4.78 is 13.6. The van der Waals surface area contributed by atoms with Crippen molar-refractivity contribution >= 4 is 17.5 Å². The van der Waals surface area contributed by atoms with Gasteiger partial charge in [0.25, 0.3) is 0 Å². The molecule has 0 aliphatic heterocycles. The van der Waals surface area contributed by atoms with Crippen molar-refractivity contribution in [3.05, 3.63) is 53.6 Å². The van der Waals surface area contributed by atoms with Crippen LogP contribution >= 0.6 is 11.8 Å². The fourth-order valence-corrected chi connectivity index (χ4v) is 1.96. The van der Waals surface area contributed by atoms with Gasteiger partial charge in [-0.05, 0) is 24.0 Å². The maximum Gasteiger partial charge on any atom is 0.187 e. The third-order valence-electron chi connectivity index (χ3n) is 2.55. The zero-order chi connectivity index (χ0) is 13.7. The molecule has 6 heteroatoms. The van der Waals surface area contributed by atoms with Crippen LogP contribution in [0.1, 0.15) is 11.3 Å². The highest BCUT2D eigenvalue weighted by atomic mass is 32.2. The molecule has 98 valence electrons. The van der Waals surface area contributed by atoms with Crippen molar-refractivity contribution in [1.29, 1.82) is 0 Å². The number of halogens is 1. The summed E-state index contributed by atoms with van der Waals surface area (Å²) in [6, 6.07) is 8.01.